The van der Waals surface area contributed by atoms with E-state index in [0.717, 1.165) is 16.8 Å². The Morgan fingerprint density at radius 2 is 1.93 bits per heavy atom. The summed E-state index contributed by atoms with van der Waals surface area (Å²) in [5.41, 5.74) is 3.82. The molecule has 0 fully saturated rings. The molecule has 0 saturated carbocycles. The van der Waals surface area contributed by atoms with Gasteiger partial charge in [-0.2, -0.15) is 4.37 Å². The van der Waals surface area contributed by atoms with Crippen LogP contribution in [0.3, 0.4) is 0 Å². The zero-order chi connectivity index (χ0) is 19.0. The van der Waals surface area contributed by atoms with Crippen molar-refractivity contribution in [1.82, 2.24) is 4.37 Å². The van der Waals surface area contributed by atoms with Gasteiger partial charge in [0.1, 0.15) is 5.00 Å². The van der Waals surface area contributed by atoms with Crippen molar-refractivity contribution in [1.29, 1.82) is 0 Å². The summed E-state index contributed by atoms with van der Waals surface area (Å²) in [5.74, 6) is -0.237. The number of carbonyl (C=O) groups is 1. The van der Waals surface area contributed by atoms with E-state index in [1.54, 1.807) is 18.2 Å². The van der Waals surface area contributed by atoms with Crippen LogP contribution in [-0.2, 0) is 16.4 Å². The molecule has 4 rings (SSSR count). The molecule has 0 atom stereocenters. The van der Waals surface area contributed by atoms with Gasteiger partial charge in [0.05, 0.1) is 17.6 Å². The zero-order valence-electron chi connectivity index (χ0n) is 14.5. The molecule has 1 aromatic heterocycles. The third-order valence-electron chi connectivity index (χ3n) is 4.41. The van der Waals surface area contributed by atoms with Crippen LogP contribution in [0, 0.1) is 0 Å². The number of nitrogens with one attached hydrogen (secondary N) is 1. The van der Waals surface area contributed by atoms with E-state index in [9.17, 15) is 13.2 Å². The van der Waals surface area contributed by atoms with Crippen LogP contribution in [0.1, 0.15) is 15.9 Å². The number of sulfonamides is 1. The summed E-state index contributed by atoms with van der Waals surface area (Å²) >= 11 is 1.23. The van der Waals surface area contributed by atoms with Crippen molar-refractivity contribution in [3.8, 4) is 11.3 Å². The molecule has 3 aromatic rings. The zero-order valence-corrected chi connectivity index (χ0v) is 16.2. The number of nitrogens with zero attached hydrogens (tertiary/aromatic N) is 2. The van der Waals surface area contributed by atoms with Gasteiger partial charge >= 0.3 is 0 Å². The average Bonchev–Trinajstić information content (AvgIpc) is 3.28. The molecular weight excluding hydrogens is 382 g/mol. The Hall–Kier alpha value is -2.71. The van der Waals surface area contributed by atoms with Crippen LogP contribution in [0.5, 0.6) is 0 Å². The molecule has 1 aliphatic rings. The minimum Gasteiger partial charge on any atom is -0.312 e. The Morgan fingerprint density at radius 1 is 1.15 bits per heavy atom. The molecule has 1 aliphatic heterocycles. The average molecular weight is 399 g/mol. The molecule has 0 radical (unpaired) electrons. The number of carbonyl (C=O) groups excluding carboxylic acids is 1. The van der Waals surface area contributed by atoms with Gasteiger partial charge in [0.15, 0.2) is 0 Å². The molecule has 0 spiro atoms. The Kier molecular flexibility index (Phi) is 4.45. The van der Waals surface area contributed by atoms with Gasteiger partial charge in [-0.3, -0.25) is 9.10 Å². The molecule has 0 aliphatic carbocycles. The van der Waals surface area contributed by atoms with E-state index in [-0.39, 0.29) is 5.91 Å². The highest BCUT2D eigenvalue weighted by Crippen LogP contribution is 2.31. The van der Waals surface area contributed by atoms with Gasteiger partial charge in [-0.1, -0.05) is 30.3 Å². The monoisotopic (exact) mass is 399 g/mol. The third-order valence-corrected chi connectivity index (χ3v) is 6.30. The topological polar surface area (TPSA) is 79.4 Å². The quantitative estimate of drug-likeness (QED) is 0.729. The lowest BCUT2D eigenvalue weighted by atomic mass is 10.1. The van der Waals surface area contributed by atoms with E-state index in [0.29, 0.717) is 29.2 Å². The number of fused-ring (bicyclic) bond motifs is 1. The first-order chi connectivity index (χ1) is 12.9. The SMILES string of the molecule is CS(=O)(=O)N1CCc2cc(C(=O)Nc3cc(-c4ccccc4)ns3)ccc21. The summed E-state index contributed by atoms with van der Waals surface area (Å²) in [7, 11) is -3.30. The third kappa shape index (κ3) is 3.58. The fourth-order valence-corrected chi connectivity index (χ4v) is 4.74. The summed E-state index contributed by atoms with van der Waals surface area (Å²) in [6.07, 6.45) is 1.79. The van der Waals surface area contributed by atoms with Crippen molar-refractivity contribution in [2.24, 2.45) is 0 Å². The van der Waals surface area contributed by atoms with Crippen molar-refractivity contribution < 1.29 is 13.2 Å². The van der Waals surface area contributed by atoms with E-state index < -0.39 is 10.0 Å². The van der Waals surface area contributed by atoms with Gasteiger partial charge in [0, 0.05) is 23.7 Å². The van der Waals surface area contributed by atoms with Gasteiger partial charge in [-0.25, -0.2) is 8.42 Å². The largest absolute Gasteiger partial charge is 0.312 e. The normalized spacial score (nSPS) is 13.4. The number of hydrogen-bond donors (Lipinski definition) is 1. The summed E-state index contributed by atoms with van der Waals surface area (Å²) < 4.78 is 29.4. The van der Waals surface area contributed by atoms with Gasteiger partial charge < -0.3 is 5.32 Å². The van der Waals surface area contributed by atoms with Crippen LogP contribution in [0.4, 0.5) is 10.7 Å². The van der Waals surface area contributed by atoms with Crippen molar-refractivity contribution in [2.75, 3.05) is 22.4 Å². The molecule has 27 heavy (non-hydrogen) atoms. The van der Waals surface area contributed by atoms with Gasteiger partial charge in [0.25, 0.3) is 5.91 Å². The lowest BCUT2D eigenvalue weighted by Gasteiger charge is -2.16. The molecule has 138 valence electrons. The molecule has 8 heteroatoms. The lowest BCUT2D eigenvalue weighted by molar-refractivity contribution is 0.102. The molecule has 2 aromatic carbocycles. The summed E-state index contributed by atoms with van der Waals surface area (Å²) in [6, 6.07) is 16.7. The first-order valence-corrected chi connectivity index (χ1v) is 11.0. The summed E-state index contributed by atoms with van der Waals surface area (Å²) in [5, 5.41) is 3.53. The Labute approximate surface area is 161 Å². The maximum Gasteiger partial charge on any atom is 0.256 e. The van der Waals surface area contributed by atoms with E-state index in [2.05, 4.69) is 9.69 Å². The number of amides is 1. The second-order valence-corrected chi connectivity index (χ2v) is 9.04. The van der Waals surface area contributed by atoms with Crippen LogP contribution in [-0.4, -0.2) is 31.5 Å². The van der Waals surface area contributed by atoms with E-state index in [1.165, 1.54) is 22.1 Å². The van der Waals surface area contributed by atoms with Gasteiger partial charge in [0.2, 0.25) is 10.0 Å². The van der Waals surface area contributed by atoms with Gasteiger partial charge in [-0.15, -0.1) is 0 Å². The standard InChI is InChI=1S/C19H17N3O3S2/c1-27(24,25)22-10-9-14-11-15(7-8-17(14)22)19(23)20-18-12-16(21-26-18)13-5-3-2-4-6-13/h2-8,11-12H,9-10H2,1H3,(H,20,23). The van der Waals surface area contributed by atoms with E-state index in [1.807, 2.05) is 36.4 Å². The predicted octanol–water partition coefficient (Wildman–Crippen LogP) is 3.38. The molecule has 0 bridgehead atoms. The lowest BCUT2D eigenvalue weighted by Crippen LogP contribution is -2.27. The van der Waals surface area contributed by atoms with Crippen LogP contribution in [0.25, 0.3) is 11.3 Å². The number of benzene rings is 2. The fraction of sp³-hybridized carbons (Fsp3) is 0.158. The number of hydrogen-bond acceptors (Lipinski definition) is 5. The fourth-order valence-electron chi connectivity index (χ4n) is 3.12. The predicted molar refractivity (Wildman–Crippen MR) is 108 cm³/mol. The van der Waals surface area contributed by atoms with E-state index in [4.69, 9.17) is 0 Å². The highest BCUT2D eigenvalue weighted by Gasteiger charge is 2.26. The van der Waals surface area contributed by atoms with Crippen molar-refractivity contribution >= 4 is 38.2 Å². The minimum absolute atomic E-state index is 0.237. The number of rotatable bonds is 4. The van der Waals surface area contributed by atoms with Crippen LogP contribution < -0.4 is 9.62 Å². The first kappa shape index (κ1) is 17.7. The molecule has 6 nitrogen and oxygen atoms in total. The summed E-state index contributed by atoms with van der Waals surface area (Å²) in [4.78, 5) is 12.6. The maximum atomic E-state index is 12.6. The molecule has 0 unspecified atom stereocenters. The first-order valence-electron chi connectivity index (χ1n) is 8.36. The molecular formula is C19H17N3O3S2. The van der Waals surface area contributed by atoms with Crippen molar-refractivity contribution in [3.63, 3.8) is 0 Å². The number of aromatic nitrogens is 1. The van der Waals surface area contributed by atoms with Crippen LogP contribution >= 0.6 is 11.5 Å². The Morgan fingerprint density at radius 3 is 2.67 bits per heavy atom. The summed E-state index contributed by atoms with van der Waals surface area (Å²) in [6.45, 7) is 0.411. The molecule has 1 amide bonds. The van der Waals surface area contributed by atoms with Crippen molar-refractivity contribution in [3.05, 3.63) is 65.7 Å². The molecule has 1 N–H and O–H groups in total. The van der Waals surface area contributed by atoms with E-state index >= 15 is 0 Å². The second kappa shape index (κ2) is 6.79. The molecule has 2 heterocycles. The maximum absolute atomic E-state index is 12.6. The van der Waals surface area contributed by atoms with Crippen LogP contribution in [0.15, 0.2) is 54.6 Å². The van der Waals surface area contributed by atoms with Gasteiger partial charge in [-0.05, 0) is 41.7 Å². The second-order valence-electron chi connectivity index (χ2n) is 6.33. The van der Waals surface area contributed by atoms with Crippen LogP contribution in [0.2, 0.25) is 0 Å². The smallest absolute Gasteiger partial charge is 0.256 e. The highest BCUT2D eigenvalue weighted by atomic mass is 32.2. The number of anilines is 2. The Bertz CT molecular complexity index is 1110. The minimum atomic E-state index is -3.30. The highest BCUT2D eigenvalue weighted by molar-refractivity contribution is 7.92. The molecule has 0 saturated heterocycles. The van der Waals surface area contributed by atoms with Crippen molar-refractivity contribution in [2.45, 2.75) is 6.42 Å². The Balaban J connectivity index is 1.52.